The monoisotopic (exact) mass is 412 g/mol. The Morgan fingerprint density at radius 1 is 1.36 bits per heavy atom. The van der Waals surface area contributed by atoms with Crippen LogP contribution in [0, 0.1) is 0 Å². The first-order valence-electron chi connectivity index (χ1n) is 7.50. The Labute approximate surface area is 141 Å². The molecule has 0 amide bonds. The normalized spacial score (nSPS) is 13.0. The number of halogens is 1. The van der Waals surface area contributed by atoms with Gasteiger partial charge in [0.2, 0.25) is 0 Å². The van der Waals surface area contributed by atoms with Crippen molar-refractivity contribution in [3.63, 3.8) is 0 Å². The molecule has 1 rings (SSSR count). The van der Waals surface area contributed by atoms with Crippen LogP contribution in [0.3, 0.4) is 0 Å². The van der Waals surface area contributed by atoms with Crippen molar-refractivity contribution in [2.45, 2.75) is 27.2 Å². The van der Waals surface area contributed by atoms with Crippen molar-refractivity contribution in [1.82, 2.24) is 4.98 Å². The van der Waals surface area contributed by atoms with E-state index in [2.05, 4.69) is 29.1 Å². The summed E-state index contributed by atoms with van der Waals surface area (Å²) < 4.78 is 2.39. The Morgan fingerprint density at radius 2 is 2.09 bits per heavy atom. The fourth-order valence-electron chi connectivity index (χ4n) is 1.89. The summed E-state index contributed by atoms with van der Waals surface area (Å²) in [6.07, 6.45) is 12.6. The standard InChI is InChI=1S/C18H25IN2O/c1-4-6-18(15-19(5-2)16(3)22)10-14-21-13-9-17-7-11-20-12-8-17/h4,6-8,10-12,14H,5,9,13,15H2,1-3H3/b6-4-,18-10+,21-14?. The van der Waals surface area contributed by atoms with Crippen LogP contribution in [0.5, 0.6) is 0 Å². The number of pyridine rings is 1. The van der Waals surface area contributed by atoms with E-state index in [-0.39, 0.29) is 0 Å². The number of allylic oxidation sites excluding steroid dienone is 4. The number of aliphatic imine (C=N–C) groups is 1. The Bertz CT molecular complexity index is 535. The minimum absolute atomic E-state index is 0.414. The Hall–Kier alpha value is -1.30. The summed E-state index contributed by atoms with van der Waals surface area (Å²) in [7, 11) is 0. The van der Waals surface area contributed by atoms with Crippen LogP contribution in [0.1, 0.15) is 26.3 Å². The van der Waals surface area contributed by atoms with E-state index in [0.717, 1.165) is 21.8 Å². The summed E-state index contributed by atoms with van der Waals surface area (Å²) in [6, 6.07) is 4.03. The molecule has 0 saturated heterocycles. The van der Waals surface area contributed by atoms with Crippen LogP contribution in [-0.2, 0) is 11.2 Å². The van der Waals surface area contributed by atoms with Crippen molar-refractivity contribution in [3.8, 4) is 0 Å². The molecule has 1 heterocycles. The third-order valence-corrected chi connectivity index (χ3v) is 8.86. The second kappa shape index (κ2) is 11.3. The van der Waals surface area contributed by atoms with E-state index in [0.29, 0.717) is 3.79 Å². The van der Waals surface area contributed by atoms with Gasteiger partial charge in [-0.05, 0) is 0 Å². The summed E-state index contributed by atoms with van der Waals surface area (Å²) in [4.78, 5) is 20.1. The second-order valence-corrected chi connectivity index (χ2v) is 11.1. The number of carbonyl (C=O) groups is 1. The molecule has 3 nitrogen and oxygen atoms in total. The summed E-state index contributed by atoms with van der Waals surface area (Å²) in [5.74, 6) is 0. The van der Waals surface area contributed by atoms with Crippen LogP contribution < -0.4 is 0 Å². The zero-order chi connectivity index (χ0) is 16.2. The molecule has 4 heteroatoms. The third kappa shape index (κ3) is 7.64. The molecule has 1 aromatic rings. The van der Waals surface area contributed by atoms with E-state index >= 15 is 0 Å². The maximum absolute atomic E-state index is 11.6. The maximum atomic E-state index is 11.6. The molecule has 0 N–H and O–H groups in total. The average Bonchev–Trinajstić information content (AvgIpc) is 2.52. The fourth-order valence-corrected chi connectivity index (χ4v) is 5.61. The predicted molar refractivity (Wildman–Crippen MR) is 104 cm³/mol. The first-order valence-corrected chi connectivity index (χ1v) is 11.6. The molecule has 0 saturated carbocycles. The topological polar surface area (TPSA) is 42.3 Å². The molecular weight excluding hydrogens is 387 g/mol. The number of alkyl halides is 2. The van der Waals surface area contributed by atoms with Crippen LogP contribution in [0.25, 0.3) is 0 Å². The molecule has 0 atom stereocenters. The molecule has 1 aromatic heterocycles. The van der Waals surface area contributed by atoms with Gasteiger partial charge in [-0.25, -0.2) is 0 Å². The summed E-state index contributed by atoms with van der Waals surface area (Å²) in [5, 5.41) is 0. The fraction of sp³-hybridized carbons (Fsp3) is 0.389. The molecule has 0 bridgehead atoms. The number of hydrogen-bond donors (Lipinski definition) is 0. The van der Waals surface area contributed by atoms with Gasteiger partial charge in [-0.3, -0.25) is 0 Å². The number of hydrogen-bond acceptors (Lipinski definition) is 3. The Kier molecular flexibility index (Phi) is 9.62. The van der Waals surface area contributed by atoms with Crippen molar-refractivity contribution < 1.29 is 4.79 Å². The third-order valence-electron chi connectivity index (χ3n) is 3.07. The Balaban J connectivity index is 2.54. The number of carbonyl (C=O) groups excluding carboxylic acids is 1. The molecule has 0 aliphatic rings. The molecule has 22 heavy (non-hydrogen) atoms. The van der Waals surface area contributed by atoms with Gasteiger partial charge in [0.05, 0.1) is 0 Å². The van der Waals surface area contributed by atoms with Crippen LogP contribution in [0.2, 0.25) is 0 Å². The molecule has 0 spiro atoms. The average molecular weight is 412 g/mol. The van der Waals surface area contributed by atoms with Gasteiger partial charge in [0.1, 0.15) is 0 Å². The minimum atomic E-state index is -1.49. The number of nitrogens with zero attached hydrogens (tertiary/aromatic N) is 2. The van der Waals surface area contributed by atoms with E-state index in [1.54, 1.807) is 19.3 Å². The van der Waals surface area contributed by atoms with E-state index < -0.39 is 19.8 Å². The molecule has 0 aromatic carbocycles. The quantitative estimate of drug-likeness (QED) is 0.200. The van der Waals surface area contributed by atoms with Gasteiger partial charge in [0.15, 0.2) is 0 Å². The molecule has 0 fully saturated rings. The van der Waals surface area contributed by atoms with E-state index in [9.17, 15) is 4.79 Å². The van der Waals surface area contributed by atoms with Gasteiger partial charge in [0.25, 0.3) is 0 Å². The SMILES string of the molecule is C/C=C\C(=C/C=NCCc1ccncc1)CI(CC)C(C)=O. The van der Waals surface area contributed by atoms with Crippen LogP contribution in [0.4, 0.5) is 0 Å². The van der Waals surface area contributed by atoms with E-state index in [1.807, 2.05) is 31.3 Å². The van der Waals surface area contributed by atoms with Crippen molar-refractivity contribution in [3.05, 3.63) is 53.9 Å². The van der Waals surface area contributed by atoms with Crippen molar-refractivity contribution >= 4 is 29.8 Å². The molecule has 0 aliphatic carbocycles. The molecular formula is C18H25IN2O. The predicted octanol–water partition coefficient (Wildman–Crippen LogP) is 4.27. The van der Waals surface area contributed by atoms with Gasteiger partial charge in [0, 0.05) is 0 Å². The molecule has 120 valence electrons. The first-order chi connectivity index (χ1) is 10.7. The van der Waals surface area contributed by atoms with Gasteiger partial charge < -0.3 is 0 Å². The summed E-state index contributed by atoms with van der Waals surface area (Å²) in [5.41, 5.74) is 2.47. The molecule has 0 unspecified atom stereocenters. The van der Waals surface area contributed by atoms with Crippen molar-refractivity contribution in [2.75, 3.05) is 15.4 Å². The zero-order valence-electron chi connectivity index (χ0n) is 13.6. The van der Waals surface area contributed by atoms with Gasteiger partial charge in [-0.2, -0.15) is 0 Å². The number of rotatable bonds is 9. The molecule has 0 radical (unpaired) electrons. The second-order valence-electron chi connectivity index (χ2n) is 4.73. The number of aromatic nitrogens is 1. The summed E-state index contributed by atoms with van der Waals surface area (Å²) >= 11 is -1.49. The zero-order valence-corrected chi connectivity index (χ0v) is 15.8. The van der Waals surface area contributed by atoms with Crippen molar-refractivity contribution in [2.24, 2.45) is 4.99 Å². The van der Waals surface area contributed by atoms with Gasteiger partial charge in [-0.1, -0.05) is 0 Å². The van der Waals surface area contributed by atoms with Gasteiger partial charge >= 0.3 is 141 Å². The van der Waals surface area contributed by atoms with Crippen LogP contribution in [0.15, 0.2) is 53.3 Å². The van der Waals surface area contributed by atoms with Gasteiger partial charge in [-0.15, -0.1) is 0 Å². The van der Waals surface area contributed by atoms with E-state index in [4.69, 9.17) is 0 Å². The first kappa shape index (κ1) is 18.7. The van der Waals surface area contributed by atoms with E-state index in [1.165, 1.54) is 11.1 Å². The van der Waals surface area contributed by atoms with Crippen LogP contribution >= 0.6 is 19.8 Å². The molecule has 0 aliphatic heterocycles. The van der Waals surface area contributed by atoms with Crippen molar-refractivity contribution in [1.29, 1.82) is 0 Å². The van der Waals surface area contributed by atoms with Crippen LogP contribution in [-0.4, -0.2) is 30.4 Å². The Morgan fingerprint density at radius 3 is 2.68 bits per heavy atom. The summed E-state index contributed by atoms with van der Waals surface area (Å²) in [6.45, 7) is 6.64.